The van der Waals surface area contributed by atoms with E-state index in [2.05, 4.69) is 20.4 Å². The number of halogens is 3. The summed E-state index contributed by atoms with van der Waals surface area (Å²) >= 11 is 0. The summed E-state index contributed by atoms with van der Waals surface area (Å²) in [7, 11) is 3.25. The molecule has 3 rings (SSSR count). The van der Waals surface area contributed by atoms with Gasteiger partial charge >= 0.3 is 6.61 Å². The van der Waals surface area contributed by atoms with Gasteiger partial charge in [-0.1, -0.05) is 6.42 Å². The average molecular weight is 495 g/mol. The lowest BCUT2D eigenvalue weighted by Crippen LogP contribution is -2.47. The van der Waals surface area contributed by atoms with E-state index < -0.39 is 6.61 Å². The highest BCUT2D eigenvalue weighted by Gasteiger charge is 2.48. The number of benzene rings is 1. The van der Waals surface area contributed by atoms with Gasteiger partial charge in [-0.15, -0.1) is 24.0 Å². The number of aliphatic imine (C=N–C) groups is 1. The fraction of sp³-hybridized carbons (Fsp3) is 0.632. The smallest absolute Gasteiger partial charge is 0.387 e. The third-order valence-electron chi connectivity index (χ3n) is 5.55. The van der Waals surface area contributed by atoms with Crippen molar-refractivity contribution in [2.75, 3.05) is 20.7 Å². The molecule has 5 nitrogen and oxygen atoms in total. The second-order valence-electron chi connectivity index (χ2n) is 7.12. The van der Waals surface area contributed by atoms with Gasteiger partial charge in [-0.25, -0.2) is 0 Å². The lowest BCUT2D eigenvalue weighted by molar-refractivity contribution is -0.0505. The van der Waals surface area contributed by atoms with Gasteiger partial charge in [0.15, 0.2) is 5.96 Å². The van der Waals surface area contributed by atoms with Gasteiger partial charge in [-0.2, -0.15) is 8.78 Å². The van der Waals surface area contributed by atoms with Crippen LogP contribution in [0.5, 0.6) is 11.5 Å². The van der Waals surface area contributed by atoms with Gasteiger partial charge in [0.25, 0.3) is 0 Å². The second kappa shape index (κ2) is 9.75. The van der Waals surface area contributed by atoms with Crippen molar-refractivity contribution < 1.29 is 18.3 Å². The lowest BCUT2D eigenvalue weighted by Gasteiger charge is -2.43. The normalized spacial score (nSPS) is 18.3. The molecule has 8 heteroatoms. The van der Waals surface area contributed by atoms with Crippen LogP contribution in [0.15, 0.2) is 23.2 Å². The van der Waals surface area contributed by atoms with Crippen molar-refractivity contribution in [2.24, 2.45) is 16.3 Å². The number of nitrogens with one attached hydrogen (secondary N) is 2. The maximum atomic E-state index is 12.6. The largest absolute Gasteiger partial charge is 0.497 e. The van der Waals surface area contributed by atoms with Crippen molar-refractivity contribution in [1.82, 2.24) is 10.6 Å². The van der Waals surface area contributed by atoms with Gasteiger partial charge in [-0.05, 0) is 55.2 Å². The zero-order valence-corrected chi connectivity index (χ0v) is 18.1. The van der Waals surface area contributed by atoms with E-state index in [1.165, 1.54) is 45.3 Å². The molecule has 0 spiro atoms. The van der Waals surface area contributed by atoms with Crippen LogP contribution in [0.4, 0.5) is 8.78 Å². The van der Waals surface area contributed by atoms with Gasteiger partial charge in [0.2, 0.25) is 0 Å². The molecule has 0 atom stereocenters. The van der Waals surface area contributed by atoms with E-state index in [0.29, 0.717) is 29.2 Å². The van der Waals surface area contributed by atoms with Crippen LogP contribution in [0.3, 0.4) is 0 Å². The molecular formula is C19H28F2IN3O2. The summed E-state index contributed by atoms with van der Waals surface area (Å²) in [6.45, 7) is -1.64. The quantitative estimate of drug-likeness (QED) is 0.323. The average Bonchev–Trinajstić information content (AvgIpc) is 3.42. The van der Waals surface area contributed by atoms with Crippen molar-refractivity contribution in [3.05, 3.63) is 23.8 Å². The topological polar surface area (TPSA) is 54.9 Å². The highest BCUT2D eigenvalue weighted by molar-refractivity contribution is 14.0. The Kier molecular flexibility index (Phi) is 7.93. The van der Waals surface area contributed by atoms with Crippen LogP contribution in [-0.4, -0.2) is 33.3 Å². The van der Waals surface area contributed by atoms with Crippen LogP contribution in [-0.2, 0) is 6.54 Å². The Balaban J connectivity index is 0.00000261. The summed E-state index contributed by atoms with van der Waals surface area (Å²) in [5, 5.41) is 6.60. The Hall–Kier alpha value is -1.32. The number of ether oxygens (including phenoxy) is 2. The van der Waals surface area contributed by atoms with Gasteiger partial charge in [0.1, 0.15) is 11.5 Å². The molecule has 0 aromatic heterocycles. The van der Waals surface area contributed by atoms with Crippen LogP contribution in [0.1, 0.15) is 37.7 Å². The third kappa shape index (κ3) is 5.58. The number of hydrogen-bond donors (Lipinski definition) is 2. The maximum Gasteiger partial charge on any atom is 0.387 e. The molecule has 0 bridgehead atoms. The number of guanidine groups is 1. The molecular weight excluding hydrogens is 467 g/mol. The molecule has 0 radical (unpaired) electrons. The molecule has 2 saturated carbocycles. The van der Waals surface area contributed by atoms with Crippen LogP contribution in [0.25, 0.3) is 0 Å². The Morgan fingerprint density at radius 1 is 1.30 bits per heavy atom. The van der Waals surface area contributed by atoms with Gasteiger partial charge in [-0.3, -0.25) is 4.99 Å². The van der Waals surface area contributed by atoms with Crippen molar-refractivity contribution in [3.63, 3.8) is 0 Å². The number of methoxy groups -OCH3 is 1. The summed E-state index contributed by atoms with van der Waals surface area (Å²) in [6.07, 6.45) is 6.55. The lowest BCUT2D eigenvalue weighted by atomic mass is 9.65. The minimum Gasteiger partial charge on any atom is -0.497 e. The van der Waals surface area contributed by atoms with Crippen LogP contribution < -0.4 is 20.1 Å². The summed E-state index contributed by atoms with van der Waals surface area (Å²) < 4.78 is 35.0. The molecule has 0 amide bonds. The zero-order chi connectivity index (χ0) is 18.6. The highest BCUT2D eigenvalue weighted by atomic mass is 127. The van der Waals surface area contributed by atoms with Gasteiger partial charge < -0.3 is 20.1 Å². The minimum absolute atomic E-state index is 0. The molecule has 2 aliphatic rings. The summed E-state index contributed by atoms with van der Waals surface area (Å²) in [5.41, 5.74) is 1.02. The number of rotatable bonds is 8. The second-order valence-corrected chi connectivity index (χ2v) is 7.12. The first kappa shape index (κ1) is 22.0. The number of nitrogens with zero attached hydrogens (tertiary/aromatic N) is 1. The standard InChI is InChI=1S/C19H27F2N3O2.HI/c1-22-18(24-12-19(8-3-9-19)14-4-5-14)23-11-13-10-15(25-2)6-7-16(13)26-17(20)21;/h6-7,10,14,17H,3-5,8-9,11-12H2,1-2H3,(H2,22,23,24);1H. The van der Waals surface area contributed by atoms with Crippen molar-refractivity contribution in [1.29, 1.82) is 0 Å². The predicted molar refractivity (Wildman–Crippen MR) is 112 cm³/mol. The molecule has 152 valence electrons. The van der Waals surface area contributed by atoms with Gasteiger partial charge in [0.05, 0.1) is 7.11 Å². The van der Waals surface area contributed by atoms with E-state index in [-0.39, 0.29) is 29.7 Å². The van der Waals surface area contributed by atoms with Gasteiger partial charge in [0, 0.05) is 25.7 Å². The van der Waals surface area contributed by atoms with Crippen LogP contribution in [0.2, 0.25) is 0 Å². The minimum atomic E-state index is -2.86. The summed E-state index contributed by atoms with van der Waals surface area (Å²) in [6, 6.07) is 4.79. The predicted octanol–water partition coefficient (Wildman–Crippen LogP) is 4.16. The fourth-order valence-corrected chi connectivity index (χ4v) is 3.75. The highest BCUT2D eigenvalue weighted by Crippen LogP contribution is 2.56. The molecule has 0 aliphatic heterocycles. The Bertz CT molecular complexity index is 650. The zero-order valence-electron chi connectivity index (χ0n) is 15.8. The molecule has 1 aromatic rings. The van der Waals surface area contributed by atoms with E-state index in [0.717, 1.165) is 12.5 Å². The monoisotopic (exact) mass is 495 g/mol. The van der Waals surface area contributed by atoms with Crippen LogP contribution in [0, 0.1) is 11.3 Å². The van der Waals surface area contributed by atoms with Crippen LogP contribution >= 0.6 is 24.0 Å². The third-order valence-corrected chi connectivity index (χ3v) is 5.55. The number of hydrogen-bond acceptors (Lipinski definition) is 3. The molecule has 0 heterocycles. The van der Waals surface area contributed by atoms with Crippen molar-refractivity contribution in [2.45, 2.75) is 45.3 Å². The van der Waals surface area contributed by atoms with E-state index in [1.54, 1.807) is 19.2 Å². The Morgan fingerprint density at radius 3 is 2.56 bits per heavy atom. The Labute approximate surface area is 176 Å². The van der Waals surface area contributed by atoms with E-state index >= 15 is 0 Å². The first-order valence-electron chi connectivity index (χ1n) is 9.12. The van der Waals surface area contributed by atoms with E-state index in [4.69, 9.17) is 4.74 Å². The number of alkyl halides is 2. The SMILES string of the molecule is CN=C(NCc1cc(OC)ccc1OC(F)F)NCC1(C2CC2)CCC1.I. The van der Waals surface area contributed by atoms with E-state index in [1.807, 2.05) is 0 Å². The first-order valence-corrected chi connectivity index (χ1v) is 9.12. The first-order chi connectivity index (χ1) is 12.6. The maximum absolute atomic E-state index is 12.6. The molecule has 2 aliphatic carbocycles. The molecule has 1 aromatic carbocycles. The Morgan fingerprint density at radius 2 is 2.04 bits per heavy atom. The molecule has 2 N–H and O–H groups in total. The molecule has 0 unspecified atom stereocenters. The van der Waals surface area contributed by atoms with E-state index in [9.17, 15) is 8.78 Å². The van der Waals surface area contributed by atoms with Crippen molar-refractivity contribution in [3.8, 4) is 11.5 Å². The molecule has 27 heavy (non-hydrogen) atoms. The van der Waals surface area contributed by atoms with Crippen molar-refractivity contribution >= 4 is 29.9 Å². The summed E-state index contributed by atoms with van der Waals surface area (Å²) in [5.74, 6) is 2.25. The summed E-state index contributed by atoms with van der Waals surface area (Å²) in [4.78, 5) is 4.25. The molecule has 0 saturated heterocycles. The molecule has 2 fully saturated rings. The fourth-order valence-electron chi connectivity index (χ4n) is 3.75.